The maximum atomic E-state index is 5.07. The number of rotatable bonds is 2. The molecule has 0 aromatic heterocycles. The maximum Gasteiger partial charge on any atom is 0.240 e. The van der Waals surface area contributed by atoms with E-state index in [1.54, 1.807) is 0 Å². The Hall–Kier alpha value is -3.60. The predicted molar refractivity (Wildman–Crippen MR) is 138 cm³/mol. The lowest BCUT2D eigenvalue weighted by molar-refractivity contribution is 0.565. The van der Waals surface area contributed by atoms with Crippen molar-refractivity contribution >= 4 is 34.6 Å². The SMILES string of the molecule is CC(C)(C)C1=NC2=NC(C(C)(C)C)=NC3=C(c4ccccc4)C=C(c4ccccc4)C(=N1)N23. The molecule has 3 aliphatic rings. The summed E-state index contributed by atoms with van der Waals surface area (Å²) in [5.41, 5.74) is 3.84. The molecule has 0 spiro atoms. The van der Waals surface area contributed by atoms with E-state index in [9.17, 15) is 0 Å². The van der Waals surface area contributed by atoms with E-state index in [1.807, 2.05) is 17.0 Å². The smallest absolute Gasteiger partial charge is 0.240 e. The summed E-state index contributed by atoms with van der Waals surface area (Å²) in [5.74, 6) is 3.83. The maximum absolute atomic E-state index is 5.07. The van der Waals surface area contributed by atoms with Gasteiger partial charge in [0.25, 0.3) is 0 Å². The first kappa shape index (κ1) is 21.3. The molecule has 0 N–H and O–H groups in total. The summed E-state index contributed by atoms with van der Waals surface area (Å²) in [4.78, 5) is 22.0. The molecule has 0 saturated heterocycles. The molecule has 2 aromatic carbocycles. The van der Waals surface area contributed by atoms with Crippen molar-refractivity contribution in [1.82, 2.24) is 4.90 Å². The lowest BCUT2D eigenvalue weighted by Gasteiger charge is -2.38. The van der Waals surface area contributed by atoms with Crippen LogP contribution in [-0.2, 0) is 0 Å². The third-order valence-electron chi connectivity index (χ3n) is 5.74. The van der Waals surface area contributed by atoms with E-state index >= 15 is 0 Å². The molecular weight excluding hydrogens is 406 g/mol. The van der Waals surface area contributed by atoms with Gasteiger partial charge < -0.3 is 0 Å². The highest BCUT2D eigenvalue weighted by Gasteiger charge is 2.40. The van der Waals surface area contributed by atoms with Crippen LogP contribution in [0.5, 0.6) is 0 Å². The number of hydrogen-bond donors (Lipinski definition) is 0. The van der Waals surface area contributed by atoms with Crippen LogP contribution >= 0.6 is 0 Å². The molecule has 0 atom stereocenters. The number of guanidine groups is 1. The van der Waals surface area contributed by atoms with Gasteiger partial charge >= 0.3 is 0 Å². The Balaban J connectivity index is 1.85. The minimum Gasteiger partial charge on any atom is -0.245 e. The molecule has 5 nitrogen and oxygen atoms in total. The molecule has 2 aromatic rings. The van der Waals surface area contributed by atoms with Gasteiger partial charge in [0, 0.05) is 22.0 Å². The van der Waals surface area contributed by atoms with Crippen molar-refractivity contribution < 1.29 is 0 Å². The second-order valence-corrected chi connectivity index (χ2v) is 10.6. The van der Waals surface area contributed by atoms with E-state index in [1.165, 1.54) is 0 Å². The third-order valence-corrected chi connectivity index (χ3v) is 5.74. The average molecular weight is 436 g/mol. The topological polar surface area (TPSA) is 52.7 Å². The number of benzene rings is 2. The summed E-state index contributed by atoms with van der Waals surface area (Å²) < 4.78 is 0. The minimum absolute atomic E-state index is 0.219. The molecule has 5 heteroatoms. The van der Waals surface area contributed by atoms with Crippen molar-refractivity contribution in [2.45, 2.75) is 41.5 Å². The Morgan fingerprint density at radius 1 is 0.606 bits per heavy atom. The molecule has 0 fully saturated rings. The number of allylic oxidation sites excluding steroid dienone is 2. The van der Waals surface area contributed by atoms with Crippen LogP contribution in [0.4, 0.5) is 0 Å². The van der Waals surface area contributed by atoms with Crippen molar-refractivity contribution in [3.8, 4) is 0 Å². The van der Waals surface area contributed by atoms with Crippen molar-refractivity contribution in [2.24, 2.45) is 30.8 Å². The molecular formula is C28H29N5. The minimum atomic E-state index is -0.219. The number of nitrogens with zero attached hydrogens (tertiary/aromatic N) is 5. The van der Waals surface area contributed by atoms with Gasteiger partial charge in [-0.1, -0.05) is 102 Å². The predicted octanol–water partition coefficient (Wildman–Crippen LogP) is 6.43. The van der Waals surface area contributed by atoms with E-state index in [2.05, 4.69) is 96.1 Å². The third kappa shape index (κ3) is 3.78. The molecule has 0 bridgehead atoms. The highest BCUT2D eigenvalue weighted by Crippen LogP contribution is 2.40. The molecule has 3 aliphatic heterocycles. The lowest BCUT2D eigenvalue weighted by atomic mass is 9.91. The number of amidine groups is 3. The molecule has 0 unspecified atom stereocenters. The van der Waals surface area contributed by atoms with Crippen LogP contribution in [0.3, 0.4) is 0 Å². The zero-order chi connectivity index (χ0) is 23.4. The Bertz CT molecular complexity index is 1290. The van der Waals surface area contributed by atoms with Crippen molar-refractivity contribution in [3.05, 3.63) is 83.7 Å². The van der Waals surface area contributed by atoms with E-state index in [0.29, 0.717) is 5.96 Å². The first-order chi connectivity index (χ1) is 15.6. The molecule has 0 saturated carbocycles. The number of hydrogen-bond acceptors (Lipinski definition) is 5. The monoisotopic (exact) mass is 435 g/mol. The molecule has 0 radical (unpaired) electrons. The average Bonchev–Trinajstić information content (AvgIpc) is 2.79. The van der Waals surface area contributed by atoms with Gasteiger partial charge in [-0.05, 0) is 17.2 Å². The number of aliphatic imine (C=N–C) groups is 4. The van der Waals surface area contributed by atoms with E-state index < -0.39 is 0 Å². The second-order valence-electron chi connectivity index (χ2n) is 10.6. The van der Waals surface area contributed by atoms with Crippen LogP contribution in [0.25, 0.3) is 11.1 Å². The van der Waals surface area contributed by atoms with Gasteiger partial charge in [0.1, 0.15) is 11.7 Å². The molecule has 0 amide bonds. The van der Waals surface area contributed by atoms with Gasteiger partial charge in [-0.25, -0.2) is 14.9 Å². The second kappa shape index (κ2) is 7.48. The van der Waals surface area contributed by atoms with E-state index in [-0.39, 0.29) is 10.8 Å². The zero-order valence-corrected chi connectivity index (χ0v) is 20.1. The van der Waals surface area contributed by atoms with Crippen LogP contribution in [0.2, 0.25) is 0 Å². The van der Waals surface area contributed by atoms with Crippen molar-refractivity contribution in [2.75, 3.05) is 0 Å². The molecule has 5 rings (SSSR count). The van der Waals surface area contributed by atoms with Crippen LogP contribution in [0.15, 0.2) is 92.5 Å². The fourth-order valence-corrected chi connectivity index (χ4v) is 3.92. The fraction of sp³-hybridized carbons (Fsp3) is 0.286. The summed E-state index contributed by atoms with van der Waals surface area (Å²) in [6.45, 7) is 12.8. The van der Waals surface area contributed by atoms with Gasteiger partial charge in [0.05, 0.1) is 0 Å². The van der Waals surface area contributed by atoms with Crippen LogP contribution < -0.4 is 0 Å². The van der Waals surface area contributed by atoms with Gasteiger partial charge in [-0.3, -0.25) is 0 Å². The molecule has 0 aliphatic carbocycles. The highest BCUT2D eigenvalue weighted by molar-refractivity contribution is 6.36. The highest BCUT2D eigenvalue weighted by atomic mass is 15.4. The first-order valence-electron chi connectivity index (χ1n) is 11.4. The summed E-state index contributed by atoms with van der Waals surface area (Å²) in [5, 5.41) is 0. The Kier molecular flexibility index (Phi) is 4.82. The Labute approximate surface area is 195 Å². The normalized spacial score (nSPS) is 18.1. The van der Waals surface area contributed by atoms with Crippen molar-refractivity contribution in [1.29, 1.82) is 0 Å². The fourth-order valence-electron chi connectivity index (χ4n) is 3.92. The van der Waals surface area contributed by atoms with Gasteiger partial charge in [0.2, 0.25) is 5.96 Å². The van der Waals surface area contributed by atoms with E-state index in [0.717, 1.165) is 45.6 Å². The standard InChI is InChI=1S/C28H29N5/c1-27(2,3)24-29-22-20(18-13-9-7-10-14-18)17-21(19-15-11-8-12-16-19)23-30-25(28(4,5)6)32-26(31-24)33(22)23/h7-17H,1-6H3. The van der Waals surface area contributed by atoms with Crippen LogP contribution in [0.1, 0.15) is 52.7 Å². The Morgan fingerprint density at radius 3 is 1.73 bits per heavy atom. The lowest BCUT2D eigenvalue weighted by Crippen LogP contribution is -2.46. The Morgan fingerprint density at radius 2 is 1.15 bits per heavy atom. The summed E-state index contributed by atoms with van der Waals surface area (Å²) in [6.07, 6.45) is 2.22. The van der Waals surface area contributed by atoms with Crippen LogP contribution in [-0.4, -0.2) is 28.4 Å². The van der Waals surface area contributed by atoms with Gasteiger partial charge in [-0.2, -0.15) is 9.98 Å². The van der Waals surface area contributed by atoms with Crippen molar-refractivity contribution in [3.63, 3.8) is 0 Å². The van der Waals surface area contributed by atoms with E-state index in [4.69, 9.17) is 20.0 Å². The summed E-state index contributed by atoms with van der Waals surface area (Å²) in [7, 11) is 0. The summed E-state index contributed by atoms with van der Waals surface area (Å²) in [6, 6.07) is 20.8. The summed E-state index contributed by atoms with van der Waals surface area (Å²) >= 11 is 0. The first-order valence-corrected chi connectivity index (χ1v) is 11.4. The molecule has 3 heterocycles. The zero-order valence-electron chi connectivity index (χ0n) is 20.1. The van der Waals surface area contributed by atoms with Gasteiger partial charge in [0.15, 0.2) is 11.7 Å². The quantitative estimate of drug-likeness (QED) is 0.536. The largest absolute Gasteiger partial charge is 0.245 e. The molecule has 166 valence electrons. The molecule has 33 heavy (non-hydrogen) atoms. The van der Waals surface area contributed by atoms with Gasteiger partial charge in [-0.15, -0.1) is 0 Å². The van der Waals surface area contributed by atoms with Crippen LogP contribution in [0, 0.1) is 10.8 Å².